The molecule has 9 heteroatoms. The maximum atomic E-state index is 12.5. The zero-order valence-corrected chi connectivity index (χ0v) is 12.4. The Morgan fingerprint density at radius 1 is 1.09 bits per heavy atom. The molecule has 0 spiro atoms. The summed E-state index contributed by atoms with van der Waals surface area (Å²) in [6.45, 7) is 1.61. The van der Waals surface area contributed by atoms with Crippen molar-refractivity contribution in [2.75, 3.05) is 19.6 Å². The van der Waals surface area contributed by atoms with Crippen molar-refractivity contribution in [3.05, 3.63) is 18.2 Å². The molecule has 1 aromatic heterocycles. The minimum Gasteiger partial charge on any atom is -0.335 e. The Kier molecular flexibility index (Phi) is 4.03. The summed E-state index contributed by atoms with van der Waals surface area (Å²) >= 11 is 0. The summed E-state index contributed by atoms with van der Waals surface area (Å²) in [6.07, 6.45) is -0.763. The lowest BCUT2D eigenvalue weighted by Gasteiger charge is -2.35. The molecule has 1 fully saturated rings. The van der Waals surface area contributed by atoms with Crippen LogP contribution in [-0.2, 0) is 22.7 Å². The Hall–Kier alpha value is -2.06. The molecule has 3 heterocycles. The fourth-order valence-electron chi connectivity index (χ4n) is 3.13. The van der Waals surface area contributed by atoms with Crippen LogP contribution in [0.5, 0.6) is 0 Å². The number of piperidine rings is 1. The van der Waals surface area contributed by atoms with Crippen LogP contribution in [0.2, 0.25) is 0 Å². The molecule has 2 aliphatic heterocycles. The number of rotatable bonds is 1. The van der Waals surface area contributed by atoms with E-state index in [1.54, 1.807) is 11.1 Å². The second-order valence-corrected chi connectivity index (χ2v) is 5.86. The molecule has 0 unspecified atom stereocenters. The van der Waals surface area contributed by atoms with Gasteiger partial charge in [-0.2, -0.15) is 13.2 Å². The molecule has 1 aromatic rings. The third-order valence-corrected chi connectivity index (χ3v) is 4.43. The second kappa shape index (κ2) is 5.86. The average Bonchev–Trinajstić information content (AvgIpc) is 3.00. The van der Waals surface area contributed by atoms with Gasteiger partial charge in [0.05, 0.1) is 6.54 Å². The standard InChI is InChI=1S/C14H17F3N4O2/c15-14(16,17)13(23)20-4-1-10(2-5-20)12(22)21-8-7-19-6-3-18-11(19)9-21/h3,6,10H,1-2,4-5,7-9H2. The van der Waals surface area contributed by atoms with Gasteiger partial charge in [-0.25, -0.2) is 4.98 Å². The molecule has 0 aliphatic carbocycles. The maximum absolute atomic E-state index is 12.5. The lowest BCUT2D eigenvalue weighted by Crippen LogP contribution is -2.49. The second-order valence-electron chi connectivity index (χ2n) is 5.86. The molecule has 3 rings (SSSR count). The maximum Gasteiger partial charge on any atom is 0.471 e. The Labute approximate surface area is 130 Å². The number of hydrogen-bond acceptors (Lipinski definition) is 3. The molecule has 0 atom stereocenters. The molecule has 0 aromatic carbocycles. The van der Waals surface area contributed by atoms with E-state index in [9.17, 15) is 22.8 Å². The van der Waals surface area contributed by atoms with Crippen molar-refractivity contribution in [3.63, 3.8) is 0 Å². The predicted octanol–water partition coefficient (Wildman–Crippen LogP) is 1.03. The van der Waals surface area contributed by atoms with Crippen LogP contribution in [0.25, 0.3) is 0 Å². The third-order valence-electron chi connectivity index (χ3n) is 4.43. The first kappa shape index (κ1) is 15.8. The number of aromatic nitrogens is 2. The van der Waals surface area contributed by atoms with Gasteiger partial charge in [0, 0.05) is 44.5 Å². The SMILES string of the molecule is O=C(C1CCN(C(=O)C(F)(F)F)CC1)N1CCn2ccnc2C1. The van der Waals surface area contributed by atoms with Gasteiger partial charge in [0.15, 0.2) is 0 Å². The number of carbonyl (C=O) groups excluding carboxylic acids is 2. The smallest absolute Gasteiger partial charge is 0.335 e. The van der Waals surface area contributed by atoms with E-state index in [1.807, 2.05) is 10.8 Å². The van der Waals surface area contributed by atoms with Crippen LogP contribution in [0, 0.1) is 5.92 Å². The molecule has 0 radical (unpaired) electrons. The molecule has 2 amide bonds. The first-order chi connectivity index (χ1) is 10.9. The average molecular weight is 330 g/mol. The van der Waals surface area contributed by atoms with E-state index in [-0.39, 0.29) is 37.8 Å². The van der Waals surface area contributed by atoms with Crippen molar-refractivity contribution < 1.29 is 22.8 Å². The highest BCUT2D eigenvalue weighted by Gasteiger charge is 2.44. The van der Waals surface area contributed by atoms with E-state index in [2.05, 4.69) is 4.98 Å². The van der Waals surface area contributed by atoms with Gasteiger partial charge in [-0.3, -0.25) is 9.59 Å². The molecule has 0 N–H and O–H groups in total. The first-order valence-electron chi connectivity index (χ1n) is 7.51. The normalized spacial score (nSPS) is 19.6. The first-order valence-corrected chi connectivity index (χ1v) is 7.51. The number of fused-ring (bicyclic) bond motifs is 1. The number of alkyl halides is 3. The van der Waals surface area contributed by atoms with E-state index >= 15 is 0 Å². The van der Waals surface area contributed by atoms with Gasteiger partial charge in [0.2, 0.25) is 5.91 Å². The predicted molar refractivity (Wildman–Crippen MR) is 73.0 cm³/mol. The van der Waals surface area contributed by atoms with Gasteiger partial charge >= 0.3 is 12.1 Å². The zero-order chi connectivity index (χ0) is 16.6. The van der Waals surface area contributed by atoms with E-state index in [0.717, 1.165) is 10.7 Å². The van der Waals surface area contributed by atoms with Gasteiger partial charge in [0.1, 0.15) is 5.82 Å². The molecule has 2 aliphatic rings. The van der Waals surface area contributed by atoms with Crippen LogP contribution in [0.15, 0.2) is 12.4 Å². The number of amides is 2. The molecule has 1 saturated heterocycles. The summed E-state index contributed by atoms with van der Waals surface area (Å²) in [5.41, 5.74) is 0. The monoisotopic (exact) mass is 330 g/mol. The largest absolute Gasteiger partial charge is 0.471 e. The number of likely N-dealkylation sites (tertiary alicyclic amines) is 1. The minimum atomic E-state index is -4.85. The van der Waals surface area contributed by atoms with Crippen molar-refractivity contribution in [1.82, 2.24) is 19.4 Å². The topological polar surface area (TPSA) is 58.4 Å². The third kappa shape index (κ3) is 3.18. The molecular weight excluding hydrogens is 313 g/mol. The number of nitrogens with zero attached hydrogens (tertiary/aromatic N) is 4. The van der Waals surface area contributed by atoms with Crippen molar-refractivity contribution in [3.8, 4) is 0 Å². The lowest BCUT2D eigenvalue weighted by molar-refractivity contribution is -0.187. The summed E-state index contributed by atoms with van der Waals surface area (Å²) in [6, 6.07) is 0. The van der Waals surface area contributed by atoms with Crippen LogP contribution in [0.3, 0.4) is 0 Å². The van der Waals surface area contributed by atoms with Gasteiger partial charge in [-0.1, -0.05) is 0 Å². The van der Waals surface area contributed by atoms with Crippen LogP contribution in [0.1, 0.15) is 18.7 Å². The Morgan fingerprint density at radius 3 is 2.43 bits per heavy atom. The van der Waals surface area contributed by atoms with Crippen LogP contribution < -0.4 is 0 Å². The van der Waals surface area contributed by atoms with Gasteiger partial charge in [-0.05, 0) is 12.8 Å². The van der Waals surface area contributed by atoms with Crippen molar-refractivity contribution in [2.24, 2.45) is 5.92 Å². The van der Waals surface area contributed by atoms with Crippen LogP contribution >= 0.6 is 0 Å². The highest BCUT2D eigenvalue weighted by molar-refractivity contribution is 5.83. The number of halogens is 3. The van der Waals surface area contributed by atoms with Crippen molar-refractivity contribution >= 4 is 11.8 Å². The summed E-state index contributed by atoms with van der Waals surface area (Å²) in [4.78, 5) is 30.4. The molecule has 126 valence electrons. The summed E-state index contributed by atoms with van der Waals surface area (Å²) in [7, 11) is 0. The van der Waals surface area contributed by atoms with Crippen LogP contribution in [0.4, 0.5) is 13.2 Å². The van der Waals surface area contributed by atoms with E-state index in [1.165, 1.54) is 0 Å². The van der Waals surface area contributed by atoms with Crippen LogP contribution in [-0.4, -0.2) is 57.0 Å². The zero-order valence-electron chi connectivity index (χ0n) is 12.4. The number of carbonyl (C=O) groups is 2. The number of imidazole rings is 1. The fraction of sp³-hybridized carbons (Fsp3) is 0.643. The van der Waals surface area contributed by atoms with Gasteiger partial charge in [0.25, 0.3) is 0 Å². The molecule has 6 nitrogen and oxygen atoms in total. The van der Waals surface area contributed by atoms with Crippen molar-refractivity contribution in [1.29, 1.82) is 0 Å². The molecule has 23 heavy (non-hydrogen) atoms. The van der Waals surface area contributed by atoms with E-state index in [0.29, 0.717) is 19.6 Å². The summed E-state index contributed by atoms with van der Waals surface area (Å²) in [5, 5.41) is 0. The quantitative estimate of drug-likeness (QED) is 0.773. The fourth-order valence-corrected chi connectivity index (χ4v) is 3.13. The molecular formula is C14H17F3N4O2. The lowest BCUT2D eigenvalue weighted by atomic mass is 9.95. The highest BCUT2D eigenvalue weighted by Crippen LogP contribution is 2.26. The molecule has 0 saturated carbocycles. The van der Waals surface area contributed by atoms with E-state index < -0.39 is 12.1 Å². The van der Waals surface area contributed by atoms with Gasteiger partial charge < -0.3 is 14.4 Å². The Bertz CT molecular complexity index is 605. The highest BCUT2D eigenvalue weighted by atomic mass is 19.4. The molecule has 0 bridgehead atoms. The Balaban J connectivity index is 1.56. The summed E-state index contributed by atoms with van der Waals surface area (Å²) < 4.78 is 39.2. The van der Waals surface area contributed by atoms with Crippen molar-refractivity contribution in [2.45, 2.75) is 32.1 Å². The van der Waals surface area contributed by atoms with E-state index in [4.69, 9.17) is 0 Å². The summed E-state index contributed by atoms with van der Waals surface area (Å²) in [5.74, 6) is -1.38. The van der Waals surface area contributed by atoms with Gasteiger partial charge in [-0.15, -0.1) is 0 Å². The minimum absolute atomic E-state index is 0.0305. The Morgan fingerprint density at radius 2 is 1.78 bits per heavy atom. The number of hydrogen-bond donors (Lipinski definition) is 0.